The van der Waals surface area contributed by atoms with Crippen LogP contribution in [0.1, 0.15) is 37.4 Å². The maximum absolute atomic E-state index is 13.6. The first-order valence-electron chi connectivity index (χ1n) is 13.9. The third-order valence-corrected chi connectivity index (χ3v) is 7.05. The molecule has 3 amide bonds. The Morgan fingerprint density at radius 1 is 1.13 bits per heavy atom. The first-order chi connectivity index (χ1) is 21.3. The second kappa shape index (κ2) is 15.2. The summed E-state index contributed by atoms with van der Waals surface area (Å²) in [7, 11) is 0. The minimum atomic E-state index is -5.08. The number of amides is 3. The lowest BCUT2D eigenvalue weighted by atomic mass is 9.95. The number of nitrogens with zero attached hydrogens (tertiary/aromatic N) is 3. The Morgan fingerprint density at radius 3 is 2.40 bits per heavy atom. The SMILES string of the molecule is CCCCN(C(=O)O)[C@H](C(=O)NO)[C@H]1CCN(c2ccccc2OCc2cc(C)nc3ccccc23)C1=O.O=C(O)C(F)(F)F. The van der Waals surface area contributed by atoms with E-state index < -0.39 is 42.0 Å². The van der Waals surface area contributed by atoms with Crippen LogP contribution in [0, 0.1) is 12.8 Å². The van der Waals surface area contributed by atoms with Gasteiger partial charge in [0.05, 0.1) is 17.1 Å². The van der Waals surface area contributed by atoms with Crippen LogP contribution in [0.25, 0.3) is 10.9 Å². The average Bonchev–Trinajstić information content (AvgIpc) is 3.37. The number of ether oxygens (including phenoxy) is 1. The largest absolute Gasteiger partial charge is 0.490 e. The quantitative estimate of drug-likeness (QED) is 0.181. The number of hydrogen-bond donors (Lipinski definition) is 4. The summed E-state index contributed by atoms with van der Waals surface area (Å²) in [4.78, 5) is 54.1. The Morgan fingerprint density at radius 2 is 1.78 bits per heavy atom. The van der Waals surface area contributed by atoms with Crippen LogP contribution in [0.5, 0.6) is 5.75 Å². The van der Waals surface area contributed by atoms with Crippen LogP contribution in [0.15, 0.2) is 54.6 Å². The number of carboxylic acid groups (broad SMARTS) is 2. The van der Waals surface area contributed by atoms with Gasteiger partial charge in [-0.3, -0.25) is 24.7 Å². The molecule has 15 heteroatoms. The van der Waals surface area contributed by atoms with Crippen LogP contribution >= 0.6 is 0 Å². The van der Waals surface area contributed by atoms with Crippen molar-refractivity contribution < 1.29 is 52.5 Å². The molecule has 1 aliphatic heterocycles. The van der Waals surface area contributed by atoms with Crippen LogP contribution in [-0.4, -0.2) is 74.5 Å². The number of hydrogen-bond acceptors (Lipinski definition) is 7. The van der Waals surface area contributed by atoms with Gasteiger partial charge in [-0.1, -0.05) is 43.7 Å². The number of aliphatic carboxylic acids is 1. The van der Waals surface area contributed by atoms with Gasteiger partial charge in [0.25, 0.3) is 5.91 Å². The van der Waals surface area contributed by atoms with Crippen molar-refractivity contribution in [3.05, 3.63) is 65.9 Å². The number of benzene rings is 2. The summed E-state index contributed by atoms with van der Waals surface area (Å²) in [6.07, 6.45) is -4.93. The van der Waals surface area contributed by atoms with E-state index in [4.69, 9.17) is 14.6 Å². The van der Waals surface area contributed by atoms with E-state index in [2.05, 4.69) is 4.98 Å². The number of nitrogens with one attached hydrogen (secondary N) is 1. The van der Waals surface area contributed by atoms with Gasteiger partial charge in [0.1, 0.15) is 18.4 Å². The maximum atomic E-state index is 13.6. The summed E-state index contributed by atoms with van der Waals surface area (Å²) in [5.74, 6) is -4.54. The van der Waals surface area contributed by atoms with Crippen LogP contribution in [0.3, 0.4) is 0 Å². The lowest BCUT2D eigenvalue weighted by molar-refractivity contribution is -0.192. The number of aromatic nitrogens is 1. The molecule has 2 atom stereocenters. The number of halogens is 3. The predicted octanol–water partition coefficient (Wildman–Crippen LogP) is 4.76. The van der Waals surface area contributed by atoms with E-state index >= 15 is 0 Å². The monoisotopic (exact) mass is 634 g/mol. The number of aryl methyl sites for hydroxylation is 1. The molecule has 0 bridgehead atoms. The van der Waals surface area contributed by atoms with Crippen molar-refractivity contribution in [2.24, 2.45) is 5.92 Å². The van der Waals surface area contributed by atoms with Gasteiger partial charge in [-0.25, -0.2) is 15.1 Å². The first kappa shape index (κ1) is 34.6. The molecule has 1 fully saturated rings. The van der Waals surface area contributed by atoms with Crippen LogP contribution in [0.2, 0.25) is 0 Å². The van der Waals surface area contributed by atoms with Crippen molar-refractivity contribution in [2.45, 2.75) is 51.9 Å². The van der Waals surface area contributed by atoms with Crippen molar-refractivity contribution in [2.75, 3.05) is 18.0 Å². The Bertz CT molecular complexity index is 1530. The van der Waals surface area contributed by atoms with E-state index in [0.29, 0.717) is 24.3 Å². The van der Waals surface area contributed by atoms with Crippen LogP contribution in [-0.2, 0) is 21.0 Å². The van der Waals surface area contributed by atoms with E-state index in [9.17, 15) is 37.9 Å². The third-order valence-electron chi connectivity index (χ3n) is 7.05. The van der Waals surface area contributed by atoms with E-state index in [1.54, 1.807) is 23.7 Å². The Labute approximate surface area is 256 Å². The van der Waals surface area contributed by atoms with Gasteiger partial charge in [0.2, 0.25) is 5.91 Å². The molecular weight excluding hydrogens is 601 g/mol. The number of anilines is 1. The van der Waals surface area contributed by atoms with Gasteiger partial charge in [-0.15, -0.1) is 0 Å². The Hall–Kier alpha value is -4.92. The van der Waals surface area contributed by atoms with Crippen molar-refractivity contribution in [1.82, 2.24) is 15.4 Å². The van der Waals surface area contributed by atoms with Crippen molar-refractivity contribution in [3.63, 3.8) is 0 Å². The summed E-state index contributed by atoms with van der Waals surface area (Å²) in [6, 6.07) is 15.6. The third kappa shape index (κ3) is 8.59. The number of carbonyl (C=O) groups excluding carboxylic acids is 2. The minimum absolute atomic E-state index is 0.0761. The first-order valence-corrected chi connectivity index (χ1v) is 13.9. The summed E-state index contributed by atoms with van der Waals surface area (Å²) in [6.45, 7) is 4.43. The number of pyridine rings is 1. The van der Waals surface area contributed by atoms with Crippen molar-refractivity contribution >= 4 is 40.5 Å². The molecule has 1 aromatic heterocycles. The van der Waals surface area contributed by atoms with Gasteiger partial charge >= 0.3 is 18.2 Å². The highest BCUT2D eigenvalue weighted by atomic mass is 19.4. The molecule has 1 saturated heterocycles. The summed E-state index contributed by atoms with van der Waals surface area (Å²) >= 11 is 0. The second-order valence-electron chi connectivity index (χ2n) is 10.1. The number of fused-ring (bicyclic) bond motifs is 1. The Kier molecular flexibility index (Phi) is 11.7. The molecule has 2 aromatic carbocycles. The van der Waals surface area contributed by atoms with Crippen LogP contribution in [0.4, 0.5) is 23.7 Å². The zero-order chi connectivity index (χ0) is 33.3. The lowest BCUT2D eigenvalue weighted by Gasteiger charge is -2.31. The fraction of sp³-hybridized carbons (Fsp3) is 0.367. The highest BCUT2D eigenvalue weighted by molar-refractivity contribution is 6.02. The summed E-state index contributed by atoms with van der Waals surface area (Å²) in [5, 5.41) is 27.2. The molecule has 0 saturated carbocycles. The molecule has 45 heavy (non-hydrogen) atoms. The second-order valence-corrected chi connectivity index (χ2v) is 10.1. The summed E-state index contributed by atoms with van der Waals surface area (Å²) < 4.78 is 37.9. The maximum Gasteiger partial charge on any atom is 0.490 e. The highest BCUT2D eigenvalue weighted by Gasteiger charge is 2.46. The van der Waals surface area contributed by atoms with E-state index in [1.807, 2.05) is 50.2 Å². The molecule has 0 spiro atoms. The molecule has 0 unspecified atom stereocenters. The van der Waals surface area contributed by atoms with Crippen molar-refractivity contribution in [1.29, 1.82) is 0 Å². The molecule has 4 N–H and O–H groups in total. The van der Waals surface area contributed by atoms with Gasteiger partial charge in [-0.05, 0) is 44.0 Å². The fourth-order valence-electron chi connectivity index (χ4n) is 5.00. The Balaban J connectivity index is 0.000000707. The molecule has 0 radical (unpaired) electrons. The molecule has 3 aromatic rings. The topological polar surface area (TPSA) is 170 Å². The number of unbranched alkanes of at least 4 members (excludes halogenated alkanes) is 1. The molecule has 4 rings (SSSR count). The van der Waals surface area contributed by atoms with E-state index in [-0.39, 0.29) is 26.1 Å². The zero-order valence-electron chi connectivity index (χ0n) is 24.5. The number of carboxylic acids is 1. The molecule has 2 heterocycles. The average molecular weight is 635 g/mol. The number of rotatable bonds is 10. The smallest absolute Gasteiger partial charge is 0.487 e. The molecule has 0 aliphatic carbocycles. The standard InChI is InChI=1S/C28H32N4O6.C2HF3O2/c1-3-4-14-32(28(35)36)25(26(33)30-37)21-13-15-31(27(21)34)23-11-7-8-12-24(23)38-17-19-16-18(2)29-22-10-6-5-9-20(19)22;3-2(4,5)1(6)7/h5-12,16,21,25,37H,3-4,13-15,17H2,1-2H3,(H,30,33)(H,35,36);(H,6,7)/t21-,25+;/m1./s1. The van der Waals surface area contributed by atoms with Gasteiger partial charge in [-0.2, -0.15) is 13.2 Å². The van der Waals surface area contributed by atoms with Crippen molar-refractivity contribution in [3.8, 4) is 5.75 Å². The van der Waals surface area contributed by atoms with Crippen LogP contribution < -0.4 is 15.1 Å². The molecule has 1 aliphatic rings. The zero-order valence-corrected chi connectivity index (χ0v) is 24.5. The van der Waals surface area contributed by atoms with E-state index in [1.165, 1.54) is 4.90 Å². The number of para-hydroxylation sites is 3. The highest BCUT2D eigenvalue weighted by Crippen LogP contribution is 2.36. The molecule has 242 valence electrons. The predicted molar refractivity (Wildman–Crippen MR) is 155 cm³/mol. The fourth-order valence-corrected chi connectivity index (χ4v) is 5.00. The van der Waals surface area contributed by atoms with Gasteiger partial charge in [0.15, 0.2) is 0 Å². The molecular formula is C30H33F3N4O8. The van der Waals surface area contributed by atoms with Gasteiger partial charge < -0.3 is 19.8 Å². The minimum Gasteiger partial charge on any atom is -0.487 e. The lowest BCUT2D eigenvalue weighted by Crippen LogP contribution is -2.54. The van der Waals surface area contributed by atoms with Gasteiger partial charge in [0, 0.05) is 29.7 Å². The normalized spacial score (nSPS) is 15.2. The number of carbonyl (C=O) groups is 4. The number of hydroxylamine groups is 1. The van der Waals surface area contributed by atoms with E-state index in [0.717, 1.165) is 27.1 Å². The molecule has 12 nitrogen and oxygen atoms in total. The summed E-state index contributed by atoms with van der Waals surface area (Å²) in [5.41, 5.74) is 4.79. The number of alkyl halides is 3.